The summed E-state index contributed by atoms with van der Waals surface area (Å²) in [6.45, 7) is 1.11. The standard InChI is InChI=1S/C16H18N2/c1-17-14-8-10-15(11-9-14)18-12-4-6-13-5-2-3-7-16(13)18/h2-3,5,7-11,17H,4,6,12H2,1H3. The molecule has 0 unspecified atom stereocenters. The number of hydrogen-bond acceptors (Lipinski definition) is 2. The zero-order valence-corrected chi connectivity index (χ0v) is 10.7. The molecule has 3 rings (SSSR count). The smallest absolute Gasteiger partial charge is 0.0443 e. The Morgan fingerprint density at radius 2 is 1.78 bits per heavy atom. The SMILES string of the molecule is CNc1ccc(N2CCCc3ccccc32)cc1. The first-order valence-corrected chi connectivity index (χ1v) is 6.52. The van der Waals surface area contributed by atoms with E-state index in [1.54, 1.807) is 0 Å². The molecule has 0 fully saturated rings. The summed E-state index contributed by atoms with van der Waals surface area (Å²) in [4.78, 5) is 2.41. The van der Waals surface area contributed by atoms with Gasteiger partial charge in [0.15, 0.2) is 0 Å². The van der Waals surface area contributed by atoms with Gasteiger partial charge in [0.05, 0.1) is 0 Å². The van der Waals surface area contributed by atoms with Crippen molar-refractivity contribution in [2.45, 2.75) is 12.8 Å². The number of nitrogens with zero attached hydrogens (tertiary/aromatic N) is 1. The van der Waals surface area contributed by atoms with E-state index in [1.807, 2.05) is 7.05 Å². The topological polar surface area (TPSA) is 15.3 Å². The molecule has 0 atom stereocenters. The van der Waals surface area contributed by atoms with Crippen LogP contribution in [0.3, 0.4) is 0 Å². The lowest BCUT2D eigenvalue weighted by Crippen LogP contribution is -2.24. The first-order chi connectivity index (χ1) is 8.88. The highest BCUT2D eigenvalue weighted by molar-refractivity contribution is 5.69. The van der Waals surface area contributed by atoms with Crippen LogP contribution in [0.15, 0.2) is 48.5 Å². The minimum Gasteiger partial charge on any atom is -0.388 e. The predicted octanol–water partition coefficient (Wildman–Crippen LogP) is 3.81. The van der Waals surface area contributed by atoms with E-state index in [1.165, 1.54) is 29.8 Å². The van der Waals surface area contributed by atoms with E-state index in [9.17, 15) is 0 Å². The van der Waals surface area contributed by atoms with Crippen molar-refractivity contribution in [3.8, 4) is 0 Å². The van der Waals surface area contributed by atoms with Crippen molar-refractivity contribution in [3.05, 3.63) is 54.1 Å². The van der Waals surface area contributed by atoms with Gasteiger partial charge in [0, 0.05) is 30.7 Å². The van der Waals surface area contributed by atoms with E-state index >= 15 is 0 Å². The molecule has 0 bridgehead atoms. The summed E-state index contributed by atoms with van der Waals surface area (Å²) < 4.78 is 0. The molecule has 18 heavy (non-hydrogen) atoms. The van der Waals surface area contributed by atoms with E-state index in [0.717, 1.165) is 12.2 Å². The molecule has 2 heteroatoms. The zero-order chi connectivity index (χ0) is 12.4. The van der Waals surface area contributed by atoms with Gasteiger partial charge in [-0.3, -0.25) is 0 Å². The number of aryl methyl sites for hydroxylation is 1. The normalized spacial score (nSPS) is 14.2. The second-order valence-corrected chi connectivity index (χ2v) is 4.68. The lowest BCUT2D eigenvalue weighted by molar-refractivity contribution is 0.767. The molecule has 0 spiro atoms. The Kier molecular flexibility index (Phi) is 2.93. The van der Waals surface area contributed by atoms with Crippen molar-refractivity contribution < 1.29 is 0 Å². The number of benzene rings is 2. The van der Waals surface area contributed by atoms with Crippen molar-refractivity contribution >= 4 is 17.1 Å². The highest BCUT2D eigenvalue weighted by Gasteiger charge is 2.17. The van der Waals surface area contributed by atoms with Crippen molar-refractivity contribution in [2.75, 3.05) is 23.8 Å². The lowest BCUT2D eigenvalue weighted by atomic mass is 10.0. The molecule has 1 aliphatic rings. The number of hydrogen-bond donors (Lipinski definition) is 1. The van der Waals surface area contributed by atoms with Crippen molar-refractivity contribution in [2.24, 2.45) is 0 Å². The summed E-state index contributed by atoms with van der Waals surface area (Å²) in [5, 5.41) is 3.16. The average molecular weight is 238 g/mol. The molecule has 1 N–H and O–H groups in total. The number of anilines is 3. The maximum Gasteiger partial charge on any atom is 0.0443 e. The number of nitrogens with one attached hydrogen (secondary N) is 1. The van der Waals surface area contributed by atoms with Crippen molar-refractivity contribution in [3.63, 3.8) is 0 Å². The minimum atomic E-state index is 1.11. The van der Waals surface area contributed by atoms with E-state index in [4.69, 9.17) is 0 Å². The van der Waals surface area contributed by atoms with Gasteiger partial charge in [0.2, 0.25) is 0 Å². The van der Waals surface area contributed by atoms with E-state index in [2.05, 4.69) is 58.7 Å². The Morgan fingerprint density at radius 1 is 1.00 bits per heavy atom. The number of fused-ring (bicyclic) bond motifs is 1. The molecule has 2 aromatic carbocycles. The first-order valence-electron chi connectivity index (χ1n) is 6.52. The van der Waals surface area contributed by atoms with Crippen LogP contribution in [0.1, 0.15) is 12.0 Å². The summed E-state index contributed by atoms with van der Waals surface area (Å²) in [5.41, 5.74) is 5.26. The minimum absolute atomic E-state index is 1.11. The Hall–Kier alpha value is -1.96. The van der Waals surface area contributed by atoms with Crippen LogP contribution in [0.25, 0.3) is 0 Å². The van der Waals surface area contributed by atoms with Crippen LogP contribution in [0.5, 0.6) is 0 Å². The maximum absolute atomic E-state index is 3.16. The van der Waals surface area contributed by atoms with Crippen molar-refractivity contribution in [1.82, 2.24) is 0 Å². The molecule has 1 aliphatic heterocycles. The van der Waals surface area contributed by atoms with Crippen molar-refractivity contribution in [1.29, 1.82) is 0 Å². The molecule has 92 valence electrons. The monoisotopic (exact) mass is 238 g/mol. The van der Waals surface area contributed by atoms with Gasteiger partial charge in [0.1, 0.15) is 0 Å². The van der Waals surface area contributed by atoms with Gasteiger partial charge < -0.3 is 10.2 Å². The number of rotatable bonds is 2. The Bertz CT molecular complexity index is 531. The van der Waals surface area contributed by atoms with Crippen LogP contribution in [0.2, 0.25) is 0 Å². The van der Waals surface area contributed by atoms with Gasteiger partial charge >= 0.3 is 0 Å². The summed E-state index contributed by atoms with van der Waals surface area (Å²) in [6, 6.07) is 17.4. The molecule has 0 saturated heterocycles. The van der Waals surface area contributed by atoms with Crippen LogP contribution >= 0.6 is 0 Å². The molecule has 2 aromatic rings. The predicted molar refractivity (Wildman–Crippen MR) is 77.8 cm³/mol. The van der Waals surface area contributed by atoms with Gasteiger partial charge in [-0.05, 0) is 48.7 Å². The molecule has 0 radical (unpaired) electrons. The average Bonchev–Trinajstić information content (AvgIpc) is 2.47. The van der Waals surface area contributed by atoms with E-state index in [0.29, 0.717) is 0 Å². The third-order valence-electron chi connectivity index (χ3n) is 3.58. The van der Waals surface area contributed by atoms with Crippen LogP contribution in [-0.4, -0.2) is 13.6 Å². The van der Waals surface area contributed by atoms with Gasteiger partial charge in [-0.15, -0.1) is 0 Å². The van der Waals surface area contributed by atoms with Gasteiger partial charge in [-0.2, -0.15) is 0 Å². The Balaban J connectivity index is 1.97. The molecule has 0 aromatic heterocycles. The quantitative estimate of drug-likeness (QED) is 0.855. The summed E-state index contributed by atoms with van der Waals surface area (Å²) in [7, 11) is 1.95. The molecule has 1 heterocycles. The molecule has 0 aliphatic carbocycles. The fraction of sp³-hybridized carbons (Fsp3) is 0.250. The number of para-hydroxylation sites is 1. The second-order valence-electron chi connectivity index (χ2n) is 4.68. The maximum atomic E-state index is 3.16. The Labute approximate surface area is 108 Å². The van der Waals surface area contributed by atoms with E-state index in [-0.39, 0.29) is 0 Å². The molecule has 0 saturated carbocycles. The summed E-state index contributed by atoms with van der Waals surface area (Å²) in [6.07, 6.45) is 2.42. The Morgan fingerprint density at radius 3 is 2.56 bits per heavy atom. The fourth-order valence-corrected chi connectivity index (χ4v) is 2.61. The zero-order valence-electron chi connectivity index (χ0n) is 10.7. The summed E-state index contributed by atoms with van der Waals surface area (Å²) >= 11 is 0. The van der Waals surface area contributed by atoms with Crippen LogP contribution in [-0.2, 0) is 6.42 Å². The fourth-order valence-electron chi connectivity index (χ4n) is 2.61. The first kappa shape index (κ1) is 11.1. The molecule has 0 amide bonds. The van der Waals surface area contributed by atoms with Gasteiger partial charge in [0.25, 0.3) is 0 Å². The molecular formula is C16H18N2. The largest absolute Gasteiger partial charge is 0.388 e. The van der Waals surface area contributed by atoms with Crippen LogP contribution in [0.4, 0.5) is 17.1 Å². The second kappa shape index (κ2) is 4.73. The lowest BCUT2D eigenvalue weighted by Gasteiger charge is -2.31. The van der Waals surface area contributed by atoms with Gasteiger partial charge in [-0.1, -0.05) is 18.2 Å². The third kappa shape index (κ3) is 1.94. The van der Waals surface area contributed by atoms with Crippen LogP contribution < -0.4 is 10.2 Å². The third-order valence-corrected chi connectivity index (χ3v) is 3.58. The van der Waals surface area contributed by atoms with Crippen LogP contribution in [0, 0.1) is 0 Å². The molecular weight excluding hydrogens is 220 g/mol. The van der Waals surface area contributed by atoms with E-state index < -0.39 is 0 Å². The molecule has 2 nitrogen and oxygen atoms in total. The summed E-state index contributed by atoms with van der Waals surface area (Å²) in [5.74, 6) is 0. The highest BCUT2D eigenvalue weighted by Crippen LogP contribution is 2.33. The van der Waals surface area contributed by atoms with Gasteiger partial charge in [-0.25, -0.2) is 0 Å². The highest BCUT2D eigenvalue weighted by atomic mass is 15.1.